The minimum Gasteiger partial charge on any atom is -0.240 e. The van der Waals surface area contributed by atoms with Crippen LogP contribution < -0.4 is 0 Å². The summed E-state index contributed by atoms with van der Waals surface area (Å²) in [4.78, 5) is 0. The maximum Gasteiger partial charge on any atom is 0.0680 e. The van der Waals surface area contributed by atoms with E-state index in [2.05, 4.69) is 43.2 Å². The van der Waals surface area contributed by atoms with Crippen molar-refractivity contribution >= 4 is 11.6 Å². The smallest absolute Gasteiger partial charge is 0.0680 e. The van der Waals surface area contributed by atoms with Crippen LogP contribution in [0.15, 0.2) is 48.7 Å². The van der Waals surface area contributed by atoms with Gasteiger partial charge in [0.15, 0.2) is 0 Å². The Morgan fingerprint density at radius 2 is 1.71 bits per heavy atom. The van der Waals surface area contributed by atoms with E-state index >= 15 is 0 Å². The summed E-state index contributed by atoms with van der Waals surface area (Å²) in [6.45, 7) is 6.15. The Labute approximate surface area is 130 Å². The van der Waals surface area contributed by atoms with E-state index in [-0.39, 0.29) is 0 Å². The largest absolute Gasteiger partial charge is 0.240 e. The summed E-state index contributed by atoms with van der Waals surface area (Å²) in [5.74, 6) is 0. The van der Waals surface area contributed by atoms with Crippen LogP contribution in [0.25, 0.3) is 16.8 Å². The van der Waals surface area contributed by atoms with Gasteiger partial charge >= 0.3 is 0 Å². The normalized spacial score (nSPS) is 10.9. The lowest BCUT2D eigenvalue weighted by atomic mass is 10.0. The highest BCUT2D eigenvalue weighted by molar-refractivity contribution is 6.30. The molecule has 0 amide bonds. The average molecular weight is 297 g/mol. The van der Waals surface area contributed by atoms with E-state index in [1.54, 1.807) is 0 Å². The maximum atomic E-state index is 6.17. The van der Waals surface area contributed by atoms with Crippen molar-refractivity contribution in [3.8, 4) is 16.8 Å². The number of hydrogen-bond donors (Lipinski definition) is 0. The number of aromatic nitrogens is 2. The molecule has 0 aliphatic heterocycles. The number of rotatable bonds is 2. The summed E-state index contributed by atoms with van der Waals surface area (Å²) in [5, 5.41) is 5.27. The van der Waals surface area contributed by atoms with E-state index in [4.69, 9.17) is 11.6 Å². The van der Waals surface area contributed by atoms with Gasteiger partial charge in [-0.25, -0.2) is 4.68 Å². The van der Waals surface area contributed by atoms with Crippen LogP contribution in [0.4, 0.5) is 0 Å². The van der Waals surface area contributed by atoms with Crippen LogP contribution in [-0.2, 0) is 0 Å². The second kappa shape index (κ2) is 5.38. The highest BCUT2D eigenvalue weighted by Gasteiger charge is 2.07. The van der Waals surface area contributed by atoms with Gasteiger partial charge < -0.3 is 0 Å². The lowest BCUT2D eigenvalue weighted by Gasteiger charge is -2.10. The van der Waals surface area contributed by atoms with Gasteiger partial charge in [0.1, 0.15) is 0 Å². The molecule has 0 fully saturated rings. The van der Waals surface area contributed by atoms with E-state index in [0.29, 0.717) is 0 Å². The second-order valence-electron chi connectivity index (χ2n) is 5.42. The van der Waals surface area contributed by atoms with Crippen LogP contribution in [0.2, 0.25) is 5.02 Å². The van der Waals surface area contributed by atoms with Crippen LogP contribution in [0, 0.1) is 20.8 Å². The van der Waals surface area contributed by atoms with Crippen molar-refractivity contribution in [1.82, 2.24) is 9.78 Å². The third kappa shape index (κ3) is 2.86. The molecule has 0 saturated heterocycles. The molecule has 0 N–H and O–H groups in total. The summed E-state index contributed by atoms with van der Waals surface area (Å²) in [5.41, 5.74) is 6.74. The summed E-state index contributed by atoms with van der Waals surface area (Å²) in [6, 6.07) is 14.5. The second-order valence-corrected chi connectivity index (χ2v) is 5.86. The Morgan fingerprint density at radius 1 is 0.905 bits per heavy atom. The van der Waals surface area contributed by atoms with Crippen molar-refractivity contribution in [2.24, 2.45) is 0 Å². The Bertz CT molecular complexity index is 782. The zero-order valence-electron chi connectivity index (χ0n) is 12.4. The van der Waals surface area contributed by atoms with Crippen molar-refractivity contribution in [3.63, 3.8) is 0 Å². The predicted molar refractivity (Wildman–Crippen MR) is 88.2 cm³/mol. The molecule has 0 aliphatic carbocycles. The third-order valence-electron chi connectivity index (χ3n) is 3.55. The molecule has 0 unspecified atom stereocenters. The van der Waals surface area contributed by atoms with Crippen LogP contribution in [0.1, 0.15) is 16.8 Å². The minimum absolute atomic E-state index is 0.766. The standard InChI is InChI=1S/C18H17ClN2/c1-12-8-16(10-17(19)9-12)15-5-4-13(2)18(11-15)21-7-6-14(3)20-21/h4-11H,1-3H3. The van der Waals surface area contributed by atoms with Gasteiger partial charge in [-0.15, -0.1) is 0 Å². The number of hydrogen-bond acceptors (Lipinski definition) is 1. The molecule has 0 aliphatic rings. The molecule has 0 atom stereocenters. The Morgan fingerprint density at radius 3 is 2.38 bits per heavy atom. The summed E-state index contributed by atoms with van der Waals surface area (Å²) >= 11 is 6.17. The zero-order valence-corrected chi connectivity index (χ0v) is 13.1. The van der Waals surface area contributed by atoms with Crippen molar-refractivity contribution in [3.05, 3.63) is 70.5 Å². The molecule has 106 valence electrons. The molecule has 1 aromatic heterocycles. The molecule has 3 heteroatoms. The predicted octanol–water partition coefficient (Wildman–Crippen LogP) is 5.12. The maximum absolute atomic E-state index is 6.17. The van der Waals surface area contributed by atoms with E-state index in [1.165, 1.54) is 5.56 Å². The number of aryl methyl sites for hydroxylation is 3. The van der Waals surface area contributed by atoms with Crippen LogP contribution in [-0.4, -0.2) is 9.78 Å². The summed E-state index contributed by atoms with van der Waals surface area (Å²) in [7, 11) is 0. The van der Waals surface area contributed by atoms with Crippen molar-refractivity contribution < 1.29 is 0 Å². The van der Waals surface area contributed by atoms with Gasteiger partial charge in [0.25, 0.3) is 0 Å². The van der Waals surface area contributed by atoms with Gasteiger partial charge in [-0.1, -0.05) is 29.8 Å². The van der Waals surface area contributed by atoms with Crippen molar-refractivity contribution in [1.29, 1.82) is 0 Å². The van der Waals surface area contributed by atoms with Crippen LogP contribution >= 0.6 is 11.6 Å². The van der Waals surface area contributed by atoms with Crippen LogP contribution in [0.5, 0.6) is 0 Å². The number of nitrogens with zero attached hydrogens (tertiary/aromatic N) is 2. The first kappa shape index (κ1) is 13.9. The van der Waals surface area contributed by atoms with Gasteiger partial charge in [-0.05, 0) is 67.3 Å². The van der Waals surface area contributed by atoms with Gasteiger partial charge in [-0.3, -0.25) is 0 Å². The van der Waals surface area contributed by atoms with Crippen molar-refractivity contribution in [2.75, 3.05) is 0 Å². The molecule has 0 spiro atoms. The van der Waals surface area contributed by atoms with E-state index in [9.17, 15) is 0 Å². The van der Waals surface area contributed by atoms with Crippen LogP contribution in [0.3, 0.4) is 0 Å². The van der Waals surface area contributed by atoms with Gasteiger partial charge in [0, 0.05) is 11.2 Å². The first-order valence-corrected chi connectivity index (χ1v) is 7.31. The molecule has 1 heterocycles. The first-order chi connectivity index (χ1) is 10.0. The monoisotopic (exact) mass is 296 g/mol. The Kier molecular flexibility index (Phi) is 3.56. The van der Waals surface area contributed by atoms with Crippen molar-refractivity contribution in [2.45, 2.75) is 20.8 Å². The molecule has 2 nitrogen and oxygen atoms in total. The minimum atomic E-state index is 0.766. The molecular formula is C18H17ClN2. The summed E-state index contributed by atoms with van der Waals surface area (Å²) < 4.78 is 1.92. The molecule has 21 heavy (non-hydrogen) atoms. The van der Waals surface area contributed by atoms with Gasteiger partial charge in [0.05, 0.1) is 11.4 Å². The fourth-order valence-electron chi connectivity index (χ4n) is 2.49. The number of halogens is 1. The zero-order chi connectivity index (χ0) is 15.0. The summed E-state index contributed by atoms with van der Waals surface area (Å²) in [6.07, 6.45) is 1.99. The fraction of sp³-hybridized carbons (Fsp3) is 0.167. The highest BCUT2D eigenvalue weighted by Crippen LogP contribution is 2.27. The molecule has 0 radical (unpaired) electrons. The van der Waals surface area contributed by atoms with Gasteiger partial charge in [0.2, 0.25) is 0 Å². The average Bonchev–Trinajstić information content (AvgIpc) is 2.84. The molecule has 3 rings (SSSR count). The molecule has 3 aromatic rings. The Hall–Kier alpha value is -2.06. The highest BCUT2D eigenvalue weighted by atomic mass is 35.5. The topological polar surface area (TPSA) is 17.8 Å². The molecule has 2 aromatic carbocycles. The van der Waals surface area contributed by atoms with E-state index in [1.807, 2.05) is 36.0 Å². The van der Waals surface area contributed by atoms with E-state index in [0.717, 1.165) is 33.1 Å². The Balaban J connectivity index is 2.13. The van der Waals surface area contributed by atoms with Gasteiger partial charge in [-0.2, -0.15) is 5.10 Å². The molecule has 0 bridgehead atoms. The lowest BCUT2D eigenvalue weighted by molar-refractivity contribution is 0.856. The molecular weight excluding hydrogens is 280 g/mol. The third-order valence-corrected chi connectivity index (χ3v) is 3.77. The molecule has 0 saturated carbocycles. The lowest BCUT2D eigenvalue weighted by Crippen LogP contribution is -1.98. The van der Waals surface area contributed by atoms with E-state index < -0.39 is 0 Å². The number of benzene rings is 2. The quantitative estimate of drug-likeness (QED) is 0.642. The SMILES string of the molecule is Cc1cc(Cl)cc(-c2ccc(C)c(-n3ccc(C)n3)c2)c1. The first-order valence-electron chi connectivity index (χ1n) is 6.94. The fourth-order valence-corrected chi connectivity index (χ4v) is 2.78.